The second kappa shape index (κ2) is 6.84. The highest BCUT2D eigenvalue weighted by Gasteiger charge is 2.12. The van der Waals surface area contributed by atoms with Gasteiger partial charge in [0.1, 0.15) is 5.75 Å². The van der Waals surface area contributed by atoms with Crippen LogP contribution < -0.4 is 10.4 Å². The van der Waals surface area contributed by atoms with Gasteiger partial charge in [0.15, 0.2) is 0 Å². The Bertz CT molecular complexity index is 921. The SMILES string of the molecule is CCCOc1cccc(-c2nc3c(Br)cc(Br)cc3c(=O)o2)c1. The van der Waals surface area contributed by atoms with Gasteiger partial charge in [-0.25, -0.2) is 9.78 Å². The Morgan fingerprint density at radius 3 is 2.83 bits per heavy atom. The number of hydrogen-bond acceptors (Lipinski definition) is 4. The zero-order chi connectivity index (χ0) is 16.4. The Balaban J connectivity index is 2.12. The smallest absolute Gasteiger partial charge is 0.347 e. The minimum absolute atomic E-state index is 0.271. The van der Waals surface area contributed by atoms with Crippen molar-refractivity contribution in [3.63, 3.8) is 0 Å². The highest BCUT2D eigenvalue weighted by Crippen LogP contribution is 2.28. The second-order valence-electron chi connectivity index (χ2n) is 4.97. The van der Waals surface area contributed by atoms with Crippen LogP contribution in [0, 0.1) is 0 Å². The highest BCUT2D eigenvalue weighted by atomic mass is 79.9. The molecule has 0 amide bonds. The molecule has 0 saturated heterocycles. The lowest BCUT2D eigenvalue weighted by molar-refractivity contribution is 0.317. The number of fused-ring (bicyclic) bond motifs is 1. The molecule has 0 fully saturated rings. The van der Waals surface area contributed by atoms with Crippen LogP contribution in [0.1, 0.15) is 13.3 Å². The van der Waals surface area contributed by atoms with Crippen molar-refractivity contribution in [2.75, 3.05) is 6.61 Å². The Labute approximate surface area is 149 Å². The summed E-state index contributed by atoms with van der Waals surface area (Å²) < 4.78 is 12.5. The zero-order valence-corrected chi connectivity index (χ0v) is 15.5. The maximum atomic E-state index is 12.3. The lowest BCUT2D eigenvalue weighted by atomic mass is 10.2. The summed E-state index contributed by atoms with van der Waals surface area (Å²) in [7, 11) is 0. The topological polar surface area (TPSA) is 52.3 Å². The molecule has 1 heterocycles. The van der Waals surface area contributed by atoms with E-state index in [0.29, 0.717) is 23.1 Å². The highest BCUT2D eigenvalue weighted by molar-refractivity contribution is 9.11. The van der Waals surface area contributed by atoms with Gasteiger partial charge >= 0.3 is 5.63 Å². The van der Waals surface area contributed by atoms with Crippen LogP contribution in [0.5, 0.6) is 5.75 Å². The van der Waals surface area contributed by atoms with Crippen molar-refractivity contribution in [3.05, 3.63) is 55.8 Å². The summed E-state index contributed by atoms with van der Waals surface area (Å²) in [5.41, 5.74) is 0.846. The van der Waals surface area contributed by atoms with Gasteiger partial charge in [0.25, 0.3) is 0 Å². The normalized spacial score (nSPS) is 10.9. The molecule has 118 valence electrons. The molecule has 0 atom stereocenters. The molecule has 0 aliphatic carbocycles. The van der Waals surface area contributed by atoms with E-state index in [0.717, 1.165) is 21.1 Å². The van der Waals surface area contributed by atoms with E-state index in [9.17, 15) is 4.79 Å². The van der Waals surface area contributed by atoms with Crippen LogP contribution >= 0.6 is 31.9 Å². The van der Waals surface area contributed by atoms with E-state index in [1.165, 1.54) is 0 Å². The van der Waals surface area contributed by atoms with Gasteiger partial charge in [0, 0.05) is 14.5 Å². The Hall–Kier alpha value is -1.66. The summed E-state index contributed by atoms with van der Waals surface area (Å²) in [6, 6.07) is 10.9. The molecule has 0 aliphatic rings. The summed E-state index contributed by atoms with van der Waals surface area (Å²) >= 11 is 6.80. The van der Waals surface area contributed by atoms with Crippen molar-refractivity contribution < 1.29 is 9.15 Å². The molecule has 0 unspecified atom stereocenters. The summed E-state index contributed by atoms with van der Waals surface area (Å²) in [5, 5.41) is 0.424. The molecule has 0 aliphatic heterocycles. The molecule has 4 nitrogen and oxygen atoms in total. The van der Waals surface area contributed by atoms with Gasteiger partial charge in [-0.3, -0.25) is 0 Å². The van der Waals surface area contributed by atoms with Crippen molar-refractivity contribution in [2.24, 2.45) is 0 Å². The molecular weight excluding hydrogens is 426 g/mol. The van der Waals surface area contributed by atoms with E-state index in [2.05, 4.69) is 36.8 Å². The summed E-state index contributed by atoms with van der Waals surface area (Å²) in [4.78, 5) is 16.7. The van der Waals surface area contributed by atoms with Gasteiger partial charge in [-0.2, -0.15) is 0 Å². The van der Waals surface area contributed by atoms with Crippen molar-refractivity contribution in [1.82, 2.24) is 4.98 Å². The standard InChI is InChI=1S/C17H13Br2NO3/c1-2-6-22-12-5-3-4-10(7-12)16-20-15-13(17(21)23-16)8-11(18)9-14(15)19/h3-5,7-9H,2,6H2,1H3. The van der Waals surface area contributed by atoms with Gasteiger partial charge in [-0.1, -0.05) is 28.9 Å². The molecule has 3 aromatic rings. The first-order chi connectivity index (χ1) is 11.1. The van der Waals surface area contributed by atoms with E-state index in [4.69, 9.17) is 9.15 Å². The van der Waals surface area contributed by atoms with Crippen molar-refractivity contribution in [2.45, 2.75) is 13.3 Å². The third-order valence-corrected chi connectivity index (χ3v) is 4.27. The molecular formula is C17H13Br2NO3. The van der Waals surface area contributed by atoms with Crippen LogP contribution in [0.4, 0.5) is 0 Å². The largest absolute Gasteiger partial charge is 0.494 e. The lowest BCUT2D eigenvalue weighted by Gasteiger charge is -2.07. The van der Waals surface area contributed by atoms with Crippen LogP contribution in [-0.2, 0) is 0 Å². The predicted octanol–water partition coefficient (Wildman–Crippen LogP) is 5.17. The predicted molar refractivity (Wildman–Crippen MR) is 96.9 cm³/mol. The van der Waals surface area contributed by atoms with Crippen LogP contribution in [0.3, 0.4) is 0 Å². The van der Waals surface area contributed by atoms with E-state index < -0.39 is 5.63 Å². The molecule has 0 bridgehead atoms. The number of rotatable bonds is 4. The number of benzene rings is 2. The number of hydrogen-bond donors (Lipinski definition) is 0. The van der Waals surface area contributed by atoms with Gasteiger partial charge in [-0.15, -0.1) is 0 Å². The minimum Gasteiger partial charge on any atom is -0.494 e. The van der Waals surface area contributed by atoms with Gasteiger partial charge in [-0.05, 0) is 52.7 Å². The zero-order valence-electron chi connectivity index (χ0n) is 12.3. The Morgan fingerprint density at radius 1 is 1.22 bits per heavy atom. The third kappa shape index (κ3) is 3.48. The fourth-order valence-electron chi connectivity index (χ4n) is 2.16. The molecule has 0 saturated carbocycles. The van der Waals surface area contributed by atoms with E-state index >= 15 is 0 Å². The fourth-order valence-corrected chi connectivity index (χ4v) is 3.48. The maximum absolute atomic E-state index is 12.3. The number of nitrogens with zero attached hydrogens (tertiary/aromatic N) is 1. The first-order valence-corrected chi connectivity index (χ1v) is 8.70. The molecule has 1 aromatic heterocycles. The van der Waals surface area contributed by atoms with Gasteiger partial charge < -0.3 is 9.15 Å². The van der Waals surface area contributed by atoms with Crippen LogP contribution in [-0.4, -0.2) is 11.6 Å². The molecule has 2 aromatic carbocycles. The molecule has 0 spiro atoms. The van der Waals surface area contributed by atoms with E-state index in [1.807, 2.05) is 37.3 Å². The summed E-state index contributed by atoms with van der Waals surface area (Å²) in [6.45, 7) is 2.68. The number of aromatic nitrogens is 1. The Kier molecular flexibility index (Phi) is 4.82. The Morgan fingerprint density at radius 2 is 2.04 bits per heavy atom. The van der Waals surface area contributed by atoms with Crippen LogP contribution in [0.15, 0.2) is 54.6 Å². The van der Waals surface area contributed by atoms with Gasteiger partial charge in [0.2, 0.25) is 5.89 Å². The van der Waals surface area contributed by atoms with Crippen molar-refractivity contribution in [1.29, 1.82) is 0 Å². The molecule has 0 N–H and O–H groups in total. The maximum Gasteiger partial charge on any atom is 0.347 e. The average molecular weight is 439 g/mol. The van der Waals surface area contributed by atoms with E-state index in [-0.39, 0.29) is 5.89 Å². The van der Waals surface area contributed by atoms with Gasteiger partial charge in [0.05, 0.1) is 17.5 Å². The number of halogens is 2. The first kappa shape index (κ1) is 16.2. The molecule has 6 heteroatoms. The van der Waals surface area contributed by atoms with Crippen molar-refractivity contribution >= 4 is 42.8 Å². The third-order valence-electron chi connectivity index (χ3n) is 3.20. The monoisotopic (exact) mass is 437 g/mol. The summed E-state index contributed by atoms with van der Waals surface area (Å²) in [6.07, 6.45) is 0.926. The number of ether oxygens (including phenoxy) is 1. The van der Waals surface area contributed by atoms with E-state index in [1.54, 1.807) is 6.07 Å². The summed E-state index contributed by atoms with van der Waals surface area (Å²) in [5.74, 6) is 0.997. The molecule has 0 radical (unpaired) electrons. The van der Waals surface area contributed by atoms with Crippen molar-refractivity contribution in [3.8, 4) is 17.2 Å². The quantitative estimate of drug-likeness (QED) is 0.563. The lowest BCUT2D eigenvalue weighted by Crippen LogP contribution is -2.03. The second-order valence-corrected chi connectivity index (χ2v) is 6.74. The minimum atomic E-state index is -0.424. The average Bonchev–Trinajstić information content (AvgIpc) is 2.54. The van der Waals surface area contributed by atoms with Crippen LogP contribution in [0.2, 0.25) is 0 Å². The first-order valence-electron chi connectivity index (χ1n) is 7.11. The van der Waals surface area contributed by atoms with Crippen LogP contribution in [0.25, 0.3) is 22.4 Å². The molecule has 23 heavy (non-hydrogen) atoms. The fraction of sp³-hybridized carbons (Fsp3) is 0.176. The molecule has 3 rings (SSSR count).